The molecule has 0 aromatic heterocycles. The quantitative estimate of drug-likeness (QED) is 0.494. The maximum atomic E-state index is 14.4. The van der Waals surface area contributed by atoms with Crippen LogP contribution in [0.15, 0.2) is 60.7 Å². The first-order valence-corrected chi connectivity index (χ1v) is 13.3. The van der Waals surface area contributed by atoms with E-state index in [9.17, 15) is 9.59 Å². The van der Waals surface area contributed by atoms with E-state index in [-0.39, 0.29) is 17.9 Å². The minimum Gasteiger partial charge on any atom is -0.493 e. The Labute approximate surface area is 227 Å². The number of benzene rings is 3. The number of fused-ring (bicyclic) bond motifs is 4. The van der Waals surface area contributed by atoms with Crippen molar-refractivity contribution in [2.45, 2.75) is 18.4 Å². The van der Waals surface area contributed by atoms with E-state index in [0.717, 1.165) is 17.7 Å². The molecule has 0 bridgehead atoms. The van der Waals surface area contributed by atoms with Crippen LogP contribution in [0, 0.1) is 0 Å². The molecule has 196 valence electrons. The summed E-state index contributed by atoms with van der Waals surface area (Å²) in [4.78, 5) is 34.3. The van der Waals surface area contributed by atoms with Gasteiger partial charge in [-0.2, -0.15) is 0 Å². The molecule has 6 rings (SSSR count). The number of hydrogen-bond acceptors (Lipinski definition) is 5. The van der Waals surface area contributed by atoms with Crippen molar-refractivity contribution in [1.82, 2.24) is 9.80 Å². The first-order chi connectivity index (χ1) is 18.5. The maximum Gasteiger partial charge on any atom is 0.254 e. The molecule has 2 amide bonds. The van der Waals surface area contributed by atoms with Crippen molar-refractivity contribution in [3.63, 3.8) is 0 Å². The highest BCUT2D eigenvalue weighted by atomic mass is 35.5. The Kier molecular flexibility index (Phi) is 6.40. The lowest BCUT2D eigenvalue weighted by atomic mass is 9.75. The van der Waals surface area contributed by atoms with Crippen LogP contribution >= 0.6 is 11.6 Å². The molecule has 7 nitrogen and oxygen atoms in total. The standard InChI is InChI=1S/C30H30ClN3O4/c1-37-25-17-23-24(18-26(25)38-2)29(35)34-11-10-19-6-3-4-9-22(19)28(34)27(23)30(36)33-14-12-32(13-15-33)21-8-5-7-20(31)16-21/h3-9,16-18,27-28H,10-15H2,1-2H3/t27-,28+/m1/s1. The van der Waals surface area contributed by atoms with Crippen molar-refractivity contribution >= 4 is 29.1 Å². The minimum absolute atomic E-state index is 0.0309. The molecule has 0 N–H and O–H groups in total. The Morgan fingerprint density at radius 2 is 1.61 bits per heavy atom. The zero-order chi connectivity index (χ0) is 26.4. The molecular weight excluding hydrogens is 502 g/mol. The maximum absolute atomic E-state index is 14.4. The normalized spacial score (nSPS) is 20.4. The molecule has 1 fully saturated rings. The predicted molar refractivity (Wildman–Crippen MR) is 146 cm³/mol. The minimum atomic E-state index is -0.540. The molecule has 0 aliphatic carbocycles. The Balaban J connectivity index is 1.39. The summed E-state index contributed by atoms with van der Waals surface area (Å²) in [6.07, 6.45) is 0.764. The van der Waals surface area contributed by atoms with E-state index in [1.165, 1.54) is 5.56 Å². The van der Waals surface area contributed by atoms with Crippen molar-refractivity contribution in [2.24, 2.45) is 0 Å². The average molecular weight is 532 g/mol. The van der Waals surface area contributed by atoms with Crippen LogP contribution < -0.4 is 14.4 Å². The summed E-state index contributed by atoms with van der Waals surface area (Å²) in [6.45, 7) is 3.17. The first-order valence-electron chi connectivity index (χ1n) is 12.9. The van der Waals surface area contributed by atoms with Gasteiger partial charge in [0.15, 0.2) is 11.5 Å². The van der Waals surface area contributed by atoms with Gasteiger partial charge in [-0.05, 0) is 53.4 Å². The fourth-order valence-electron chi connectivity index (χ4n) is 6.17. The molecule has 38 heavy (non-hydrogen) atoms. The summed E-state index contributed by atoms with van der Waals surface area (Å²) in [5.74, 6) is 0.414. The number of ether oxygens (including phenoxy) is 2. The van der Waals surface area contributed by atoms with Crippen molar-refractivity contribution in [1.29, 1.82) is 0 Å². The van der Waals surface area contributed by atoms with Gasteiger partial charge < -0.3 is 24.2 Å². The fraction of sp³-hybridized carbons (Fsp3) is 0.333. The molecule has 3 aromatic rings. The molecule has 0 saturated carbocycles. The van der Waals surface area contributed by atoms with Gasteiger partial charge >= 0.3 is 0 Å². The second-order valence-electron chi connectivity index (χ2n) is 9.96. The highest BCUT2D eigenvalue weighted by Gasteiger charge is 2.48. The third-order valence-corrected chi connectivity index (χ3v) is 8.30. The Morgan fingerprint density at radius 1 is 0.868 bits per heavy atom. The highest BCUT2D eigenvalue weighted by molar-refractivity contribution is 6.30. The Bertz CT molecular complexity index is 1400. The molecule has 3 heterocycles. The monoisotopic (exact) mass is 531 g/mol. The molecule has 3 aliphatic rings. The molecule has 0 spiro atoms. The summed E-state index contributed by atoms with van der Waals surface area (Å²) < 4.78 is 11.1. The number of hydrogen-bond donors (Lipinski definition) is 0. The van der Waals surface area contributed by atoms with Crippen LogP contribution in [0.3, 0.4) is 0 Å². The predicted octanol–water partition coefficient (Wildman–Crippen LogP) is 4.54. The van der Waals surface area contributed by atoms with E-state index in [0.29, 0.717) is 60.4 Å². The van der Waals surface area contributed by atoms with Gasteiger partial charge in [0.2, 0.25) is 5.91 Å². The fourth-order valence-corrected chi connectivity index (χ4v) is 6.35. The van der Waals surface area contributed by atoms with Crippen molar-refractivity contribution in [2.75, 3.05) is 51.8 Å². The zero-order valence-electron chi connectivity index (χ0n) is 21.5. The van der Waals surface area contributed by atoms with Crippen LogP contribution in [0.25, 0.3) is 0 Å². The second kappa shape index (κ2) is 9.87. The summed E-state index contributed by atoms with van der Waals surface area (Å²) in [7, 11) is 3.13. The van der Waals surface area contributed by atoms with Gasteiger partial charge in [0.05, 0.1) is 26.2 Å². The molecule has 0 unspecified atom stereocenters. The Hall–Kier alpha value is -3.71. The van der Waals surface area contributed by atoms with Crippen molar-refractivity contribution in [3.8, 4) is 11.5 Å². The number of nitrogens with zero attached hydrogens (tertiary/aromatic N) is 3. The van der Waals surface area contributed by atoms with E-state index in [4.69, 9.17) is 21.1 Å². The lowest BCUT2D eigenvalue weighted by Gasteiger charge is -2.47. The van der Waals surface area contributed by atoms with E-state index in [2.05, 4.69) is 17.0 Å². The topological polar surface area (TPSA) is 62.3 Å². The molecular formula is C30H30ClN3O4. The molecule has 2 atom stereocenters. The Morgan fingerprint density at radius 3 is 2.34 bits per heavy atom. The van der Waals surface area contributed by atoms with E-state index in [1.807, 2.05) is 52.3 Å². The van der Waals surface area contributed by atoms with Crippen LogP contribution in [-0.2, 0) is 11.2 Å². The van der Waals surface area contributed by atoms with Crippen LogP contribution in [0.1, 0.15) is 39.0 Å². The number of methoxy groups -OCH3 is 2. The number of anilines is 1. The van der Waals surface area contributed by atoms with E-state index in [1.54, 1.807) is 20.3 Å². The van der Waals surface area contributed by atoms with Gasteiger partial charge in [-0.25, -0.2) is 0 Å². The third kappa shape index (κ3) is 4.06. The van der Waals surface area contributed by atoms with Crippen LogP contribution in [0.4, 0.5) is 5.69 Å². The van der Waals surface area contributed by atoms with Crippen LogP contribution in [-0.4, -0.2) is 68.6 Å². The van der Waals surface area contributed by atoms with Crippen molar-refractivity contribution < 1.29 is 19.1 Å². The first kappa shape index (κ1) is 24.6. The van der Waals surface area contributed by atoms with Crippen LogP contribution in [0.2, 0.25) is 5.02 Å². The third-order valence-electron chi connectivity index (χ3n) is 8.06. The molecule has 8 heteroatoms. The average Bonchev–Trinajstić information content (AvgIpc) is 2.96. The lowest BCUT2D eigenvalue weighted by molar-refractivity contribution is -0.135. The number of carbonyl (C=O) groups is 2. The zero-order valence-corrected chi connectivity index (χ0v) is 22.3. The number of carbonyl (C=O) groups excluding carboxylic acids is 2. The number of piperazine rings is 1. The molecule has 0 radical (unpaired) electrons. The van der Waals surface area contributed by atoms with Gasteiger partial charge in [-0.1, -0.05) is 41.9 Å². The lowest BCUT2D eigenvalue weighted by Crippen LogP contribution is -2.54. The molecule has 3 aliphatic heterocycles. The second-order valence-corrected chi connectivity index (χ2v) is 10.4. The summed E-state index contributed by atoms with van der Waals surface area (Å²) in [5, 5.41) is 0.699. The van der Waals surface area contributed by atoms with Gasteiger partial charge in [0.25, 0.3) is 5.91 Å². The van der Waals surface area contributed by atoms with Crippen LogP contribution in [0.5, 0.6) is 11.5 Å². The number of halogens is 1. The summed E-state index contributed by atoms with van der Waals surface area (Å²) in [6, 6.07) is 19.2. The number of rotatable bonds is 4. The van der Waals surface area contributed by atoms with Gasteiger partial charge in [-0.15, -0.1) is 0 Å². The van der Waals surface area contributed by atoms with Gasteiger partial charge in [0, 0.05) is 49.0 Å². The van der Waals surface area contributed by atoms with Gasteiger partial charge in [-0.3, -0.25) is 9.59 Å². The van der Waals surface area contributed by atoms with Crippen molar-refractivity contribution in [3.05, 3.63) is 87.9 Å². The summed E-state index contributed by atoms with van der Waals surface area (Å²) >= 11 is 6.21. The molecule has 3 aromatic carbocycles. The largest absolute Gasteiger partial charge is 0.493 e. The highest BCUT2D eigenvalue weighted by Crippen LogP contribution is 2.49. The van der Waals surface area contributed by atoms with E-state index < -0.39 is 5.92 Å². The van der Waals surface area contributed by atoms with E-state index >= 15 is 0 Å². The smallest absolute Gasteiger partial charge is 0.254 e. The SMILES string of the molecule is COc1cc2c(cc1OC)[C@@H](C(=O)N1CCN(c3cccc(Cl)c3)CC1)[C@@H]1c3ccccc3CCN1C2=O. The number of amides is 2. The molecule has 1 saturated heterocycles. The van der Waals surface area contributed by atoms with Gasteiger partial charge in [0.1, 0.15) is 0 Å². The summed E-state index contributed by atoms with van der Waals surface area (Å²) in [5.41, 5.74) is 4.50.